The Labute approximate surface area is 75.5 Å². The molecule has 0 aliphatic carbocycles. The van der Waals surface area contributed by atoms with Gasteiger partial charge in [-0.05, 0) is 0 Å². The molecule has 0 saturated heterocycles. The largest absolute Gasteiger partial charge is 0.394 e. The van der Waals surface area contributed by atoms with Gasteiger partial charge in [0.05, 0.1) is 31.6 Å². The van der Waals surface area contributed by atoms with Gasteiger partial charge in [0.25, 0.3) is 0 Å². The quantitative estimate of drug-likeness (QED) is 0.661. The van der Waals surface area contributed by atoms with E-state index >= 15 is 0 Å². The maximum Gasteiger partial charge on any atom is 0.161 e. The zero-order chi connectivity index (χ0) is 9.26. The number of rotatable bonds is 2. The number of aliphatic hydroxyl groups excluding tert-OH is 1. The van der Waals surface area contributed by atoms with E-state index in [-0.39, 0.29) is 6.61 Å². The fourth-order valence-electron chi connectivity index (χ4n) is 1.43. The van der Waals surface area contributed by atoms with Crippen LogP contribution >= 0.6 is 0 Å². The van der Waals surface area contributed by atoms with Crippen LogP contribution in [0.15, 0.2) is 4.52 Å². The van der Waals surface area contributed by atoms with Crippen LogP contribution in [0.4, 0.5) is 0 Å². The van der Waals surface area contributed by atoms with Crippen molar-refractivity contribution in [3.8, 4) is 0 Å². The number of hydrogen-bond donors (Lipinski definition) is 2. The Balaban J connectivity index is 2.31. The van der Waals surface area contributed by atoms with Gasteiger partial charge in [-0.15, -0.1) is 0 Å². The summed E-state index contributed by atoms with van der Waals surface area (Å²) in [7, 11) is 0. The number of nitrogens with zero attached hydrogens (tertiary/aromatic N) is 1. The molecule has 1 aliphatic heterocycles. The molecule has 0 amide bonds. The number of hydrogen-bond acceptors (Lipinski definition) is 5. The van der Waals surface area contributed by atoms with Crippen molar-refractivity contribution in [3.63, 3.8) is 0 Å². The topological polar surface area (TPSA) is 81.5 Å². The average Bonchev–Trinajstić information content (AvgIpc) is 2.60. The van der Waals surface area contributed by atoms with Crippen molar-refractivity contribution in [1.82, 2.24) is 5.16 Å². The molecule has 0 spiro atoms. The van der Waals surface area contributed by atoms with E-state index in [0.29, 0.717) is 19.0 Å². The van der Waals surface area contributed by atoms with Crippen molar-refractivity contribution in [2.24, 2.45) is 5.73 Å². The van der Waals surface area contributed by atoms with Gasteiger partial charge in [0, 0.05) is 12.0 Å². The summed E-state index contributed by atoms with van der Waals surface area (Å²) in [4.78, 5) is 0. The molecule has 0 radical (unpaired) electrons. The van der Waals surface area contributed by atoms with Gasteiger partial charge in [0.1, 0.15) is 0 Å². The SMILES string of the molecule is NC(CO)c1onc2c1COCC2. The fraction of sp³-hybridized carbons (Fsp3) is 0.625. The van der Waals surface area contributed by atoms with Gasteiger partial charge in [0.15, 0.2) is 5.76 Å². The summed E-state index contributed by atoms with van der Waals surface area (Å²) in [5.74, 6) is 0.553. The summed E-state index contributed by atoms with van der Waals surface area (Å²) in [5.41, 5.74) is 7.44. The van der Waals surface area contributed by atoms with Crippen LogP contribution in [-0.4, -0.2) is 23.5 Å². The van der Waals surface area contributed by atoms with E-state index in [9.17, 15) is 0 Å². The summed E-state index contributed by atoms with van der Waals surface area (Å²) in [6.07, 6.45) is 0.761. The first-order valence-electron chi connectivity index (χ1n) is 4.24. The van der Waals surface area contributed by atoms with Crippen LogP contribution in [-0.2, 0) is 17.8 Å². The molecular weight excluding hydrogens is 172 g/mol. The minimum atomic E-state index is -0.488. The maximum atomic E-state index is 8.85. The van der Waals surface area contributed by atoms with Gasteiger partial charge in [-0.1, -0.05) is 5.16 Å². The summed E-state index contributed by atoms with van der Waals surface area (Å²) >= 11 is 0. The third-order valence-corrected chi connectivity index (χ3v) is 2.16. The zero-order valence-corrected chi connectivity index (χ0v) is 7.19. The predicted molar refractivity (Wildman–Crippen MR) is 43.9 cm³/mol. The van der Waals surface area contributed by atoms with Gasteiger partial charge in [0.2, 0.25) is 0 Å². The lowest BCUT2D eigenvalue weighted by atomic mass is 10.1. The van der Waals surface area contributed by atoms with E-state index in [2.05, 4.69) is 5.16 Å². The Morgan fingerprint density at radius 2 is 2.46 bits per heavy atom. The van der Waals surface area contributed by atoms with Crippen molar-refractivity contribution in [2.45, 2.75) is 19.1 Å². The summed E-state index contributed by atoms with van der Waals surface area (Å²) in [6.45, 7) is 1.02. The molecule has 3 N–H and O–H groups in total. The molecule has 0 bridgehead atoms. The van der Waals surface area contributed by atoms with Crippen molar-refractivity contribution in [2.75, 3.05) is 13.2 Å². The smallest absolute Gasteiger partial charge is 0.161 e. The van der Waals surface area contributed by atoms with Crippen molar-refractivity contribution < 1.29 is 14.4 Å². The molecule has 0 aromatic carbocycles. The highest BCUT2D eigenvalue weighted by molar-refractivity contribution is 5.26. The molecule has 72 valence electrons. The Bertz CT molecular complexity index is 298. The van der Waals surface area contributed by atoms with Crippen LogP contribution in [0.3, 0.4) is 0 Å². The molecule has 0 fully saturated rings. The summed E-state index contributed by atoms with van der Waals surface area (Å²) in [5, 5.41) is 12.7. The van der Waals surface area contributed by atoms with Gasteiger partial charge in [-0.3, -0.25) is 0 Å². The zero-order valence-electron chi connectivity index (χ0n) is 7.19. The highest BCUT2D eigenvalue weighted by Crippen LogP contribution is 2.23. The van der Waals surface area contributed by atoms with Gasteiger partial charge in [-0.2, -0.15) is 0 Å². The van der Waals surface area contributed by atoms with E-state index in [1.807, 2.05) is 0 Å². The minimum absolute atomic E-state index is 0.137. The van der Waals surface area contributed by atoms with Crippen LogP contribution in [0.25, 0.3) is 0 Å². The van der Waals surface area contributed by atoms with Crippen molar-refractivity contribution >= 4 is 0 Å². The van der Waals surface area contributed by atoms with Gasteiger partial charge < -0.3 is 20.1 Å². The second-order valence-corrected chi connectivity index (χ2v) is 3.06. The fourth-order valence-corrected chi connectivity index (χ4v) is 1.43. The molecular formula is C8H12N2O3. The van der Waals surface area contributed by atoms with E-state index in [4.69, 9.17) is 20.1 Å². The van der Waals surface area contributed by atoms with Crippen LogP contribution in [0.1, 0.15) is 23.1 Å². The molecule has 5 heteroatoms. The number of aliphatic hydroxyl groups is 1. The second-order valence-electron chi connectivity index (χ2n) is 3.06. The third kappa shape index (κ3) is 1.46. The van der Waals surface area contributed by atoms with E-state index < -0.39 is 6.04 Å². The van der Waals surface area contributed by atoms with Crippen LogP contribution in [0.2, 0.25) is 0 Å². The Morgan fingerprint density at radius 1 is 1.62 bits per heavy atom. The predicted octanol–water partition coefficient (Wildman–Crippen LogP) is -0.261. The molecule has 5 nitrogen and oxygen atoms in total. The molecule has 2 rings (SSSR count). The molecule has 1 atom stereocenters. The molecule has 2 heterocycles. The summed E-state index contributed by atoms with van der Waals surface area (Å²) in [6, 6.07) is -0.488. The Morgan fingerprint density at radius 3 is 3.23 bits per heavy atom. The molecule has 0 saturated carbocycles. The number of aromatic nitrogens is 1. The Hall–Kier alpha value is -0.910. The Kier molecular flexibility index (Phi) is 2.30. The van der Waals surface area contributed by atoms with E-state index in [1.165, 1.54) is 0 Å². The van der Waals surface area contributed by atoms with Crippen LogP contribution in [0, 0.1) is 0 Å². The highest BCUT2D eigenvalue weighted by Gasteiger charge is 2.23. The molecule has 1 aromatic rings. The first-order chi connectivity index (χ1) is 6.33. The first-order valence-corrected chi connectivity index (χ1v) is 4.24. The monoisotopic (exact) mass is 184 g/mol. The maximum absolute atomic E-state index is 8.85. The molecule has 1 unspecified atom stereocenters. The normalized spacial score (nSPS) is 18.3. The van der Waals surface area contributed by atoms with Gasteiger partial charge in [-0.25, -0.2) is 0 Å². The molecule has 1 aliphatic rings. The number of fused-ring (bicyclic) bond motifs is 1. The lowest BCUT2D eigenvalue weighted by molar-refractivity contribution is 0.109. The third-order valence-electron chi connectivity index (χ3n) is 2.16. The molecule has 1 aromatic heterocycles. The van der Waals surface area contributed by atoms with E-state index in [1.54, 1.807) is 0 Å². The number of nitrogens with two attached hydrogens (primary N) is 1. The van der Waals surface area contributed by atoms with E-state index in [0.717, 1.165) is 17.7 Å². The highest BCUT2D eigenvalue weighted by atomic mass is 16.5. The lowest BCUT2D eigenvalue weighted by Crippen LogP contribution is -2.17. The lowest BCUT2D eigenvalue weighted by Gasteiger charge is -2.12. The van der Waals surface area contributed by atoms with Gasteiger partial charge >= 0.3 is 0 Å². The van der Waals surface area contributed by atoms with Crippen molar-refractivity contribution in [3.05, 3.63) is 17.0 Å². The summed E-state index contributed by atoms with van der Waals surface area (Å²) < 4.78 is 10.3. The number of ether oxygens (including phenoxy) is 1. The second kappa shape index (κ2) is 3.45. The van der Waals surface area contributed by atoms with Crippen molar-refractivity contribution in [1.29, 1.82) is 0 Å². The average molecular weight is 184 g/mol. The first kappa shape index (κ1) is 8.68. The standard InChI is InChI=1S/C8H12N2O3/c9-6(3-11)8-5-4-12-2-1-7(5)10-13-8/h6,11H,1-4,9H2. The minimum Gasteiger partial charge on any atom is -0.394 e. The van der Waals surface area contributed by atoms with Crippen LogP contribution in [0.5, 0.6) is 0 Å². The molecule has 13 heavy (non-hydrogen) atoms. The van der Waals surface area contributed by atoms with Crippen LogP contribution < -0.4 is 5.73 Å².